The summed E-state index contributed by atoms with van der Waals surface area (Å²) in [6.07, 6.45) is 8.93. The topological polar surface area (TPSA) is 49.8 Å². The molecule has 1 aliphatic rings. The second-order valence-electron chi connectivity index (χ2n) is 3.60. The highest BCUT2D eigenvalue weighted by Gasteiger charge is 2.12. The minimum atomic E-state index is 0.694. The number of hydrogen-bond donors (Lipinski definition) is 2. The molecule has 0 aromatic carbocycles. The highest BCUT2D eigenvalue weighted by molar-refractivity contribution is 5.29. The molecule has 0 radical (unpaired) electrons. The third-order valence-electron chi connectivity index (χ3n) is 2.52. The van der Waals surface area contributed by atoms with Gasteiger partial charge in [-0.1, -0.05) is 0 Å². The van der Waals surface area contributed by atoms with Gasteiger partial charge in [-0.3, -0.25) is 4.98 Å². The molecule has 2 rings (SSSR count). The Morgan fingerprint density at radius 1 is 1.50 bits per heavy atom. The summed E-state index contributed by atoms with van der Waals surface area (Å²) in [6.45, 7) is 2.15. The molecule has 14 heavy (non-hydrogen) atoms. The molecule has 0 amide bonds. The predicted molar refractivity (Wildman–Crippen MR) is 56.2 cm³/mol. The molecular formula is C10H16N4. The zero-order valence-electron chi connectivity index (χ0n) is 8.24. The maximum absolute atomic E-state index is 4.15. The Kier molecular flexibility index (Phi) is 3.29. The molecule has 1 aliphatic heterocycles. The lowest BCUT2D eigenvalue weighted by atomic mass is 10.1. The van der Waals surface area contributed by atoms with Crippen molar-refractivity contribution in [1.29, 1.82) is 0 Å². The second-order valence-corrected chi connectivity index (χ2v) is 3.60. The third-order valence-corrected chi connectivity index (χ3v) is 2.52. The van der Waals surface area contributed by atoms with E-state index in [1.54, 1.807) is 18.6 Å². The molecule has 1 fully saturated rings. The fourth-order valence-electron chi connectivity index (χ4n) is 1.77. The summed E-state index contributed by atoms with van der Waals surface area (Å²) in [5, 5.41) is 6.72. The monoisotopic (exact) mass is 192 g/mol. The fourth-order valence-corrected chi connectivity index (χ4v) is 1.77. The third kappa shape index (κ3) is 2.67. The van der Waals surface area contributed by atoms with E-state index in [1.807, 2.05) is 0 Å². The van der Waals surface area contributed by atoms with Gasteiger partial charge in [-0.25, -0.2) is 4.98 Å². The SMILES string of the molecule is c1cnc(NCC[C@H]2CCCN2)cn1. The zero-order chi connectivity index (χ0) is 9.64. The van der Waals surface area contributed by atoms with Crippen LogP contribution < -0.4 is 10.6 Å². The molecule has 76 valence electrons. The van der Waals surface area contributed by atoms with Crippen LogP contribution in [0.2, 0.25) is 0 Å². The lowest BCUT2D eigenvalue weighted by Crippen LogP contribution is -2.24. The van der Waals surface area contributed by atoms with Gasteiger partial charge < -0.3 is 10.6 Å². The summed E-state index contributed by atoms with van der Waals surface area (Å²) >= 11 is 0. The summed E-state index contributed by atoms with van der Waals surface area (Å²) in [7, 11) is 0. The molecule has 0 saturated carbocycles. The normalized spacial score (nSPS) is 21.0. The Bertz CT molecular complexity index is 256. The van der Waals surface area contributed by atoms with Crippen molar-refractivity contribution in [2.24, 2.45) is 0 Å². The van der Waals surface area contributed by atoms with Crippen LogP contribution in [0.4, 0.5) is 5.82 Å². The molecule has 1 atom stereocenters. The van der Waals surface area contributed by atoms with E-state index in [2.05, 4.69) is 20.6 Å². The minimum absolute atomic E-state index is 0.694. The van der Waals surface area contributed by atoms with Crippen LogP contribution in [0.1, 0.15) is 19.3 Å². The van der Waals surface area contributed by atoms with E-state index >= 15 is 0 Å². The summed E-state index contributed by atoms with van der Waals surface area (Å²) < 4.78 is 0. The van der Waals surface area contributed by atoms with Crippen LogP contribution in [0, 0.1) is 0 Å². The van der Waals surface area contributed by atoms with Gasteiger partial charge in [-0.2, -0.15) is 0 Å². The van der Waals surface area contributed by atoms with E-state index in [4.69, 9.17) is 0 Å². The first-order valence-corrected chi connectivity index (χ1v) is 5.18. The van der Waals surface area contributed by atoms with Crippen molar-refractivity contribution in [3.05, 3.63) is 18.6 Å². The number of nitrogens with zero attached hydrogens (tertiary/aromatic N) is 2. The van der Waals surface area contributed by atoms with Crippen LogP contribution in [-0.2, 0) is 0 Å². The number of nitrogens with one attached hydrogen (secondary N) is 2. The van der Waals surface area contributed by atoms with Crippen molar-refractivity contribution >= 4 is 5.82 Å². The maximum Gasteiger partial charge on any atom is 0.144 e. The lowest BCUT2D eigenvalue weighted by Gasteiger charge is -2.10. The van der Waals surface area contributed by atoms with E-state index in [1.165, 1.54) is 19.4 Å². The molecule has 4 nitrogen and oxygen atoms in total. The standard InChI is InChI=1S/C10H16N4/c1-2-9(12-4-1)3-5-13-10-8-11-6-7-14-10/h6-9,12H,1-5H2,(H,13,14)/t9-/m1/s1. The molecule has 1 aromatic heterocycles. The van der Waals surface area contributed by atoms with Gasteiger partial charge in [-0.15, -0.1) is 0 Å². The number of aromatic nitrogens is 2. The van der Waals surface area contributed by atoms with Crippen molar-refractivity contribution in [3.8, 4) is 0 Å². The van der Waals surface area contributed by atoms with E-state index in [-0.39, 0.29) is 0 Å². The lowest BCUT2D eigenvalue weighted by molar-refractivity contribution is 0.574. The summed E-state index contributed by atoms with van der Waals surface area (Å²) in [5.74, 6) is 0.866. The first kappa shape index (κ1) is 9.40. The Labute approximate surface area is 84.2 Å². The van der Waals surface area contributed by atoms with E-state index in [0.717, 1.165) is 18.8 Å². The Balaban J connectivity index is 1.67. The molecule has 0 aliphatic carbocycles. The maximum atomic E-state index is 4.15. The average Bonchev–Trinajstić information content (AvgIpc) is 2.72. The first-order valence-electron chi connectivity index (χ1n) is 5.18. The van der Waals surface area contributed by atoms with E-state index in [9.17, 15) is 0 Å². The van der Waals surface area contributed by atoms with Crippen LogP contribution in [0.15, 0.2) is 18.6 Å². The number of hydrogen-bond acceptors (Lipinski definition) is 4. The van der Waals surface area contributed by atoms with Gasteiger partial charge in [-0.05, 0) is 25.8 Å². The van der Waals surface area contributed by atoms with Crippen LogP contribution in [0.5, 0.6) is 0 Å². The van der Waals surface area contributed by atoms with E-state index in [0.29, 0.717) is 6.04 Å². The van der Waals surface area contributed by atoms with Gasteiger partial charge in [0.25, 0.3) is 0 Å². The number of anilines is 1. The van der Waals surface area contributed by atoms with Gasteiger partial charge in [0.1, 0.15) is 5.82 Å². The molecular weight excluding hydrogens is 176 g/mol. The zero-order valence-corrected chi connectivity index (χ0v) is 8.24. The van der Waals surface area contributed by atoms with E-state index < -0.39 is 0 Å². The summed E-state index contributed by atoms with van der Waals surface area (Å²) in [5.41, 5.74) is 0. The number of rotatable bonds is 4. The molecule has 2 N–H and O–H groups in total. The second kappa shape index (κ2) is 4.91. The molecule has 1 aromatic rings. The Hall–Kier alpha value is -1.16. The quantitative estimate of drug-likeness (QED) is 0.748. The van der Waals surface area contributed by atoms with Gasteiger partial charge in [0.05, 0.1) is 6.20 Å². The smallest absolute Gasteiger partial charge is 0.144 e. The summed E-state index contributed by atoms with van der Waals surface area (Å²) in [6, 6.07) is 0.694. The largest absolute Gasteiger partial charge is 0.369 e. The predicted octanol–water partition coefficient (Wildman–Crippen LogP) is 1.03. The van der Waals surface area contributed by atoms with Crippen LogP contribution in [0.3, 0.4) is 0 Å². The van der Waals surface area contributed by atoms with Crippen molar-refractivity contribution < 1.29 is 0 Å². The molecule has 0 unspecified atom stereocenters. The summed E-state index contributed by atoms with van der Waals surface area (Å²) in [4.78, 5) is 8.14. The Morgan fingerprint density at radius 2 is 2.50 bits per heavy atom. The van der Waals surface area contributed by atoms with Crippen molar-refractivity contribution in [2.75, 3.05) is 18.4 Å². The van der Waals surface area contributed by atoms with Gasteiger partial charge >= 0.3 is 0 Å². The molecule has 4 heteroatoms. The van der Waals surface area contributed by atoms with Gasteiger partial charge in [0.15, 0.2) is 0 Å². The van der Waals surface area contributed by atoms with Crippen LogP contribution in [0.25, 0.3) is 0 Å². The van der Waals surface area contributed by atoms with Crippen LogP contribution in [-0.4, -0.2) is 29.1 Å². The molecule has 1 saturated heterocycles. The van der Waals surface area contributed by atoms with Crippen molar-refractivity contribution in [2.45, 2.75) is 25.3 Å². The van der Waals surface area contributed by atoms with Gasteiger partial charge in [0, 0.05) is 25.0 Å². The fraction of sp³-hybridized carbons (Fsp3) is 0.600. The van der Waals surface area contributed by atoms with Crippen molar-refractivity contribution in [1.82, 2.24) is 15.3 Å². The van der Waals surface area contributed by atoms with Gasteiger partial charge in [0.2, 0.25) is 0 Å². The Morgan fingerprint density at radius 3 is 3.21 bits per heavy atom. The molecule has 0 bridgehead atoms. The molecule has 2 heterocycles. The first-order chi connectivity index (χ1) is 6.95. The van der Waals surface area contributed by atoms with Crippen LogP contribution >= 0.6 is 0 Å². The highest BCUT2D eigenvalue weighted by atomic mass is 15.0. The highest BCUT2D eigenvalue weighted by Crippen LogP contribution is 2.08. The molecule has 0 spiro atoms. The minimum Gasteiger partial charge on any atom is -0.369 e. The van der Waals surface area contributed by atoms with Crippen molar-refractivity contribution in [3.63, 3.8) is 0 Å². The average molecular weight is 192 g/mol.